The van der Waals surface area contributed by atoms with Crippen LogP contribution in [0, 0.1) is 0 Å². The first kappa shape index (κ1) is 20.9. The van der Waals surface area contributed by atoms with E-state index in [2.05, 4.69) is 0 Å². The van der Waals surface area contributed by atoms with Crippen LogP contribution in [0.4, 0.5) is 5.69 Å². The quantitative estimate of drug-likeness (QED) is 0.691. The highest BCUT2D eigenvalue weighted by molar-refractivity contribution is 7.93. The number of carbonyl (C=O) groups is 1. The number of sulfonamides is 1. The van der Waals surface area contributed by atoms with Crippen molar-refractivity contribution in [3.05, 3.63) is 41.4 Å². The Morgan fingerprint density at radius 1 is 1.07 bits per heavy atom. The normalized spacial score (nSPS) is 11.0. The first-order chi connectivity index (χ1) is 12.8. The molecule has 0 aliphatic heterocycles. The summed E-state index contributed by atoms with van der Waals surface area (Å²) in [5.41, 5.74) is 0.000125. The summed E-state index contributed by atoms with van der Waals surface area (Å²) in [4.78, 5) is 12.2. The number of anilines is 1. The van der Waals surface area contributed by atoms with Gasteiger partial charge in [-0.25, -0.2) is 8.42 Å². The monoisotopic (exact) mass is 413 g/mol. The number of hydrogen-bond acceptors (Lipinski definition) is 6. The highest BCUT2D eigenvalue weighted by Gasteiger charge is 2.32. The zero-order chi connectivity index (χ0) is 20.2. The van der Waals surface area contributed by atoms with Gasteiger partial charge in [0.15, 0.2) is 0 Å². The molecule has 0 heterocycles. The second-order valence-corrected chi connectivity index (χ2v) is 7.55. The molecule has 9 heteroatoms. The summed E-state index contributed by atoms with van der Waals surface area (Å²) < 4.78 is 42.6. The number of rotatable bonds is 7. The van der Waals surface area contributed by atoms with Gasteiger partial charge in [-0.05, 0) is 31.2 Å². The Labute approximate surface area is 163 Å². The average Bonchev–Trinajstić information content (AvgIpc) is 2.63. The molecule has 146 valence electrons. The first-order valence-electron chi connectivity index (χ1n) is 7.96. The lowest BCUT2D eigenvalue weighted by atomic mass is 10.2. The molecule has 0 fully saturated rings. The number of nitrogens with zero attached hydrogens (tertiary/aromatic N) is 1. The highest BCUT2D eigenvalue weighted by atomic mass is 35.5. The third-order valence-corrected chi connectivity index (χ3v) is 5.73. The number of benzene rings is 2. The summed E-state index contributed by atoms with van der Waals surface area (Å²) in [6.07, 6.45) is 0. The van der Waals surface area contributed by atoms with Crippen LogP contribution in [0.15, 0.2) is 41.3 Å². The Morgan fingerprint density at radius 3 is 2.15 bits per heavy atom. The first-order valence-corrected chi connectivity index (χ1v) is 9.78. The second kappa shape index (κ2) is 8.49. The van der Waals surface area contributed by atoms with Gasteiger partial charge in [0.05, 0.1) is 30.7 Å². The number of hydrogen-bond donors (Lipinski definition) is 0. The van der Waals surface area contributed by atoms with Crippen LogP contribution in [0.3, 0.4) is 0 Å². The van der Waals surface area contributed by atoms with E-state index >= 15 is 0 Å². The summed E-state index contributed by atoms with van der Waals surface area (Å²) in [5, 5.41) is 0.222. The second-order valence-electron chi connectivity index (χ2n) is 5.35. The van der Waals surface area contributed by atoms with Crippen molar-refractivity contribution in [2.45, 2.75) is 18.7 Å². The van der Waals surface area contributed by atoms with E-state index in [1.54, 1.807) is 0 Å². The number of halogens is 1. The van der Waals surface area contributed by atoms with Crippen molar-refractivity contribution >= 4 is 33.2 Å². The van der Waals surface area contributed by atoms with Crippen LogP contribution in [0.2, 0.25) is 5.02 Å². The molecule has 27 heavy (non-hydrogen) atoms. The number of methoxy groups -OCH3 is 2. The Morgan fingerprint density at radius 2 is 1.67 bits per heavy atom. The van der Waals surface area contributed by atoms with Gasteiger partial charge in [-0.3, -0.25) is 4.79 Å². The third kappa shape index (κ3) is 4.28. The van der Waals surface area contributed by atoms with Crippen LogP contribution in [0.5, 0.6) is 17.2 Å². The number of amides is 1. The molecule has 0 spiro atoms. The smallest absolute Gasteiger partial charge is 0.271 e. The van der Waals surface area contributed by atoms with Crippen molar-refractivity contribution in [1.29, 1.82) is 0 Å². The lowest BCUT2D eigenvalue weighted by Crippen LogP contribution is -2.35. The predicted molar refractivity (Wildman–Crippen MR) is 103 cm³/mol. The van der Waals surface area contributed by atoms with Gasteiger partial charge in [0, 0.05) is 19.1 Å². The van der Waals surface area contributed by atoms with Crippen molar-refractivity contribution in [1.82, 2.24) is 0 Å². The summed E-state index contributed by atoms with van der Waals surface area (Å²) in [7, 11) is -1.47. The molecule has 1 amide bonds. The maximum absolute atomic E-state index is 13.1. The van der Waals surface area contributed by atoms with E-state index < -0.39 is 15.9 Å². The van der Waals surface area contributed by atoms with Crippen molar-refractivity contribution in [2.24, 2.45) is 0 Å². The van der Waals surface area contributed by atoms with E-state index in [1.165, 1.54) is 50.6 Å². The van der Waals surface area contributed by atoms with Crippen LogP contribution in [0.1, 0.15) is 13.8 Å². The van der Waals surface area contributed by atoms with Gasteiger partial charge in [0.1, 0.15) is 22.9 Å². The van der Waals surface area contributed by atoms with Crippen LogP contribution in [-0.2, 0) is 14.8 Å². The lowest BCUT2D eigenvalue weighted by Gasteiger charge is -2.24. The van der Waals surface area contributed by atoms with E-state index in [1.807, 2.05) is 6.92 Å². The topological polar surface area (TPSA) is 82.1 Å². The van der Waals surface area contributed by atoms with Crippen LogP contribution < -0.4 is 18.5 Å². The Kier molecular flexibility index (Phi) is 6.56. The Balaban J connectivity index is 2.61. The zero-order valence-electron chi connectivity index (χ0n) is 15.4. The van der Waals surface area contributed by atoms with E-state index in [4.69, 9.17) is 25.8 Å². The van der Waals surface area contributed by atoms with Gasteiger partial charge < -0.3 is 14.2 Å². The standard InChI is InChI=1S/C18H20ClNO6S/c1-5-26-13-6-8-14(9-7-13)27(22,23)20(12(2)21)16-11-17(24-3)15(19)10-18(16)25-4/h6-11H,5H2,1-4H3. The van der Waals surface area contributed by atoms with Crippen LogP contribution >= 0.6 is 11.6 Å². The third-order valence-electron chi connectivity index (χ3n) is 3.63. The molecule has 0 atom stereocenters. The molecule has 0 unspecified atom stereocenters. The van der Waals surface area contributed by atoms with Gasteiger partial charge in [0.2, 0.25) is 5.91 Å². The fraction of sp³-hybridized carbons (Fsp3) is 0.278. The predicted octanol–water partition coefficient (Wildman–Crippen LogP) is 3.50. The summed E-state index contributed by atoms with van der Waals surface area (Å²) >= 11 is 6.07. The minimum atomic E-state index is -4.21. The molecule has 0 bridgehead atoms. The summed E-state index contributed by atoms with van der Waals surface area (Å²) in [6.45, 7) is 3.42. The van der Waals surface area contributed by atoms with Gasteiger partial charge in [-0.1, -0.05) is 11.6 Å². The van der Waals surface area contributed by atoms with Gasteiger partial charge in [-0.2, -0.15) is 4.31 Å². The number of carbonyl (C=O) groups excluding carboxylic acids is 1. The zero-order valence-corrected chi connectivity index (χ0v) is 16.9. The molecule has 2 aromatic carbocycles. The van der Waals surface area contributed by atoms with E-state index in [9.17, 15) is 13.2 Å². The lowest BCUT2D eigenvalue weighted by molar-refractivity contribution is -0.115. The molecule has 2 rings (SSSR count). The molecule has 0 radical (unpaired) electrons. The molecule has 0 aromatic heterocycles. The Hall–Kier alpha value is -2.45. The largest absolute Gasteiger partial charge is 0.495 e. The highest BCUT2D eigenvalue weighted by Crippen LogP contribution is 2.40. The molecule has 0 saturated heterocycles. The van der Waals surface area contributed by atoms with Crippen molar-refractivity contribution in [3.63, 3.8) is 0 Å². The minimum Gasteiger partial charge on any atom is -0.495 e. The van der Waals surface area contributed by atoms with Gasteiger partial charge in [0.25, 0.3) is 10.0 Å². The molecular formula is C18H20ClNO6S. The van der Waals surface area contributed by atoms with Crippen molar-refractivity contribution in [3.8, 4) is 17.2 Å². The maximum Gasteiger partial charge on any atom is 0.271 e. The van der Waals surface area contributed by atoms with Gasteiger partial charge >= 0.3 is 0 Å². The molecule has 0 aliphatic carbocycles. The summed E-state index contributed by atoms with van der Waals surface area (Å²) in [6, 6.07) is 8.52. The fourth-order valence-electron chi connectivity index (χ4n) is 2.45. The Bertz CT molecular complexity index is 928. The fourth-order valence-corrected chi connectivity index (χ4v) is 4.11. The van der Waals surface area contributed by atoms with Crippen LogP contribution in [0.25, 0.3) is 0 Å². The van der Waals surface area contributed by atoms with E-state index in [0.717, 1.165) is 6.92 Å². The van der Waals surface area contributed by atoms with Crippen molar-refractivity contribution < 1.29 is 27.4 Å². The molecular weight excluding hydrogens is 394 g/mol. The van der Waals surface area contributed by atoms with Gasteiger partial charge in [-0.15, -0.1) is 0 Å². The average molecular weight is 414 g/mol. The molecule has 0 aliphatic rings. The SMILES string of the molecule is CCOc1ccc(S(=O)(=O)N(C(C)=O)c2cc(OC)c(Cl)cc2OC)cc1. The van der Waals surface area contributed by atoms with Crippen LogP contribution in [-0.4, -0.2) is 35.2 Å². The van der Waals surface area contributed by atoms with Crippen molar-refractivity contribution in [2.75, 3.05) is 25.1 Å². The van der Waals surface area contributed by atoms with E-state index in [0.29, 0.717) is 16.7 Å². The molecule has 7 nitrogen and oxygen atoms in total. The number of ether oxygens (including phenoxy) is 3. The summed E-state index contributed by atoms with van der Waals surface area (Å²) in [5.74, 6) is 0.134. The molecule has 0 N–H and O–H groups in total. The maximum atomic E-state index is 13.1. The van der Waals surface area contributed by atoms with E-state index in [-0.39, 0.29) is 27.1 Å². The molecule has 0 saturated carbocycles. The minimum absolute atomic E-state index is 0.000125. The molecule has 2 aromatic rings.